The minimum atomic E-state index is -6.03. The third kappa shape index (κ3) is 3.30. The van der Waals surface area contributed by atoms with Gasteiger partial charge in [-0.2, -0.15) is 13.2 Å². The number of rotatable bonds is 3. The molecular weight excluding hydrogens is 419 g/mol. The van der Waals surface area contributed by atoms with Crippen LogP contribution in [0.1, 0.15) is 17.2 Å². The maximum Gasteiger partial charge on any atom is 0.501 e. The van der Waals surface area contributed by atoms with E-state index in [4.69, 9.17) is 0 Å². The van der Waals surface area contributed by atoms with Crippen LogP contribution in [0.3, 0.4) is 0 Å². The van der Waals surface area contributed by atoms with Crippen molar-refractivity contribution in [2.75, 3.05) is 5.32 Å². The molecule has 0 heterocycles. The molecule has 0 saturated carbocycles. The standard InChI is InChI=1S/C16H10F7NO3S/c17-7-3-8(18)5-9(4-7)24-11-1-2-12(28(26,27)16(21,22)23)13-10(11)6-15(19,20)14(13)25/h1-5,14,24-25H,6H2. The number of nitrogens with one attached hydrogen (secondary N) is 1. The van der Waals surface area contributed by atoms with Gasteiger partial charge in [0.15, 0.2) is 0 Å². The maximum absolute atomic E-state index is 14.0. The molecule has 1 aliphatic carbocycles. The van der Waals surface area contributed by atoms with Crippen molar-refractivity contribution < 1.29 is 44.3 Å². The Morgan fingerprint density at radius 1 is 1.07 bits per heavy atom. The normalized spacial score (nSPS) is 18.8. The highest BCUT2D eigenvalue weighted by atomic mass is 32.2. The molecule has 0 radical (unpaired) electrons. The molecule has 2 aromatic rings. The number of sulfone groups is 1. The zero-order chi connectivity index (χ0) is 21.1. The number of anilines is 2. The third-order valence-electron chi connectivity index (χ3n) is 4.14. The zero-order valence-electron chi connectivity index (χ0n) is 13.5. The molecule has 2 N–H and O–H groups in total. The molecule has 4 nitrogen and oxygen atoms in total. The highest BCUT2D eigenvalue weighted by Gasteiger charge is 2.54. The van der Waals surface area contributed by atoms with Gasteiger partial charge in [0, 0.05) is 29.4 Å². The second-order valence-electron chi connectivity index (χ2n) is 6.08. The number of alkyl halides is 5. The van der Waals surface area contributed by atoms with E-state index in [-0.39, 0.29) is 11.4 Å². The number of fused-ring (bicyclic) bond motifs is 1. The smallest absolute Gasteiger partial charge is 0.382 e. The molecule has 0 spiro atoms. The summed E-state index contributed by atoms with van der Waals surface area (Å²) in [7, 11) is -6.03. The summed E-state index contributed by atoms with van der Waals surface area (Å²) >= 11 is 0. The van der Waals surface area contributed by atoms with E-state index < -0.39 is 61.4 Å². The van der Waals surface area contributed by atoms with E-state index in [1.54, 1.807) is 0 Å². The minimum absolute atomic E-state index is 0.254. The van der Waals surface area contributed by atoms with Crippen LogP contribution in [-0.2, 0) is 16.3 Å². The second-order valence-corrected chi connectivity index (χ2v) is 7.99. The number of benzene rings is 2. The molecule has 0 aliphatic heterocycles. The van der Waals surface area contributed by atoms with Crippen molar-refractivity contribution in [3.05, 3.63) is 53.1 Å². The Labute approximate surface area is 153 Å². The van der Waals surface area contributed by atoms with Crippen molar-refractivity contribution in [2.24, 2.45) is 0 Å². The maximum atomic E-state index is 14.0. The van der Waals surface area contributed by atoms with Gasteiger partial charge in [-0.25, -0.2) is 26.0 Å². The van der Waals surface area contributed by atoms with Gasteiger partial charge in [-0.15, -0.1) is 0 Å². The molecule has 2 aromatic carbocycles. The van der Waals surface area contributed by atoms with E-state index in [1.165, 1.54) is 0 Å². The number of hydrogen-bond donors (Lipinski definition) is 2. The van der Waals surface area contributed by atoms with Crippen LogP contribution in [0, 0.1) is 11.6 Å². The first-order valence-electron chi connectivity index (χ1n) is 7.50. The predicted octanol–water partition coefficient (Wildman–Crippen LogP) is 4.23. The molecule has 1 atom stereocenters. The number of aliphatic hydroxyl groups is 1. The Morgan fingerprint density at radius 3 is 2.18 bits per heavy atom. The molecule has 12 heteroatoms. The number of hydrogen-bond acceptors (Lipinski definition) is 4. The third-order valence-corrected chi connectivity index (χ3v) is 5.68. The fourth-order valence-corrected chi connectivity index (χ4v) is 3.96. The van der Waals surface area contributed by atoms with Gasteiger partial charge in [0.25, 0.3) is 15.8 Å². The average Bonchev–Trinajstić information content (AvgIpc) is 2.76. The lowest BCUT2D eigenvalue weighted by Crippen LogP contribution is -2.26. The lowest BCUT2D eigenvalue weighted by molar-refractivity contribution is -0.0977. The Bertz CT molecular complexity index is 1030. The molecule has 0 aromatic heterocycles. The van der Waals surface area contributed by atoms with E-state index in [2.05, 4.69) is 5.32 Å². The van der Waals surface area contributed by atoms with Gasteiger partial charge in [-0.3, -0.25) is 0 Å². The van der Waals surface area contributed by atoms with Gasteiger partial charge in [0.2, 0.25) is 0 Å². The summed E-state index contributed by atoms with van der Waals surface area (Å²) in [6.45, 7) is 0. The quantitative estimate of drug-likeness (QED) is 0.717. The summed E-state index contributed by atoms with van der Waals surface area (Å²) in [5.41, 5.74) is -8.07. The SMILES string of the molecule is O=S(=O)(c1ccc(Nc2cc(F)cc(F)c2)c2c1C(O)C(F)(F)C2)C(F)(F)F. The molecule has 0 bridgehead atoms. The first kappa shape index (κ1) is 20.4. The van der Waals surface area contributed by atoms with Crippen LogP contribution in [-0.4, -0.2) is 25.0 Å². The lowest BCUT2D eigenvalue weighted by atomic mass is 10.1. The highest BCUT2D eigenvalue weighted by Crippen LogP contribution is 2.50. The summed E-state index contributed by atoms with van der Waals surface area (Å²) in [5.74, 6) is -5.97. The highest BCUT2D eigenvalue weighted by molar-refractivity contribution is 7.92. The number of aliphatic hydroxyl groups excluding tert-OH is 1. The van der Waals surface area contributed by atoms with Crippen LogP contribution in [0.4, 0.5) is 42.1 Å². The van der Waals surface area contributed by atoms with Crippen molar-refractivity contribution in [3.63, 3.8) is 0 Å². The van der Waals surface area contributed by atoms with E-state index in [1.807, 2.05) is 0 Å². The van der Waals surface area contributed by atoms with Crippen LogP contribution in [0.25, 0.3) is 0 Å². The summed E-state index contributed by atoms with van der Waals surface area (Å²) in [5, 5.41) is 12.1. The topological polar surface area (TPSA) is 66.4 Å². The molecule has 1 unspecified atom stereocenters. The van der Waals surface area contributed by atoms with Crippen LogP contribution in [0.5, 0.6) is 0 Å². The fraction of sp³-hybridized carbons (Fsp3) is 0.250. The summed E-state index contributed by atoms with van der Waals surface area (Å²) in [6, 6.07) is 3.28. The van der Waals surface area contributed by atoms with Crippen LogP contribution >= 0.6 is 0 Å². The van der Waals surface area contributed by atoms with Crippen LogP contribution in [0.2, 0.25) is 0 Å². The van der Waals surface area contributed by atoms with Crippen molar-refractivity contribution in [3.8, 4) is 0 Å². The fourth-order valence-electron chi connectivity index (χ4n) is 2.93. The van der Waals surface area contributed by atoms with Crippen LogP contribution < -0.4 is 5.32 Å². The number of halogens is 7. The van der Waals surface area contributed by atoms with Crippen molar-refractivity contribution in [1.29, 1.82) is 0 Å². The van der Waals surface area contributed by atoms with E-state index in [9.17, 15) is 44.3 Å². The Morgan fingerprint density at radius 2 is 1.64 bits per heavy atom. The van der Waals surface area contributed by atoms with Gasteiger partial charge < -0.3 is 10.4 Å². The predicted molar refractivity (Wildman–Crippen MR) is 82.9 cm³/mol. The van der Waals surface area contributed by atoms with Gasteiger partial charge in [-0.1, -0.05) is 0 Å². The van der Waals surface area contributed by atoms with Crippen molar-refractivity contribution in [2.45, 2.75) is 28.9 Å². The van der Waals surface area contributed by atoms with Gasteiger partial charge in [0.05, 0.1) is 4.90 Å². The first-order valence-corrected chi connectivity index (χ1v) is 8.98. The van der Waals surface area contributed by atoms with Crippen LogP contribution in [0.15, 0.2) is 35.2 Å². The first-order chi connectivity index (χ1) is 12.7. The molecule has 3 rings (SSSR count). The molecule has 1 aliphatic rings. The van der Waals surface area contributed by atoms with Gasteiger partial charge in [0.1, 0.15) is 17.7 Å². The molecule has 0 fully saturated rings. The largest absolute Gasteiger partial charge is 0.501 e. The Balaban J connectivity index is 2.19. The summed E-state index contributed by atoms with van der Waals surface area (Å²) in [6.07, 6.45) is -4.08. The van der Waals surface area contributed by atoms with E-state index in [0.29, 0.717) is 12.1 Å². The molecule has 152 valence electrons. The van der Waals surface area contributed by atoms with Gasteiger partial charge in [-0.05, 0) is 29.8 Å². The zero-order valence-corrected chi connectivity index (χ0v) is 14.3. The van der Waals surface area contributed by atoms with Crippen molar-refractivity contribution in [1.82, 2.24) is 0 Å². The lowest BCUT2D eigenvalue weighted by Gasteiger charge is -2.18. The Hall–Kier alpha value is -2.34. The molecule has 28 heavy (non-hydrogen) atoms. The van der Waals surface area contributed by atoms with E-state index in [0.717, 1.165) is 18.2 Å². The summed E-state index contributed by atoms with van der Waals surface area (Å²) in [4.78, 5) is -1.50. The second kappa shape index (κ2) is 6.34. The average molecular weight is 429 g/mol. The minimum Gasteiger partial charge on any atom is -0.382 e. The van der Waals surface area contributed by atoms with Crippen molar-refractivity contribution >= 4 is 21.2 Å². The Kier molecular flexibility index (Phi) is 4.62. The van der Waals surface area contributed by atoms with E-state index >= 15 is 0 Å². The van der Waals surface area contributed by atoms with Gasteiger partial charge >= 0.3 is 5.51 Å². The molecule has 0 amide bonds. The summed E-state index contributed by atoms with van der Waals surface area (Å²) < 4.78 is 117. The monoisotopic (exact) mass is 429 g/mol. The molecular formula is C16H10F7NO3S. The molecule has 0 saturated heterocycles.